The van der Waals surface area contributed by atoms with Gasteiger partial charge in [-0.25, -0.2) is 0 Å². The lowest BCUT2D eigenvalue weighted by Gasteiger charge is -2.25. The molecular formula is C31H40N2O5P+. The van der Waals surface area contributed by atoms with Crippen LogP contribution in [0, 0.1) is 0 Å². The Labute approximate surface area is 231 Å². The second-order valence-electron chi connectivity index (χ2n) is 11.4. The summed E-state index contributed by atoms with van der Waals surface area (Å²) in [5.41, 5.74) is 6.01. The van der Waals surface area contributed by atoms with Crippen LogP contribution >= 0.6 is 7.60 Å². The average molecular weight is 552 g/mol. The van der Waals surface area contributed by atoms with Crippen molar-refractivity contribution in [3.8, 4) is 0 Å². The highest BCUT2D eigenvalue weighted by Crippen LogP contribution is 2.49. The lowest BCUT2D eigenvalue weighted by molar-refractivity contribution is -0.438. The first-order valence-corrected chi connectivity index (χ1v) is 15.2. The van der Waals surface area contributed by atoms with Crippen molar-refractivity contribution in [3.63, 3.8) is 0 Å². The molecule has 0 fully saturated rings. The third-order valence-electron chi connectivity index (χ3n) is 8.11. The number of likely N-dealkylation sites (N-methyl/N-ethyl adjacent to an activating group) is 1. The van der Waals surface area contributed by atoms with Crippen molar-refractivity contribution in [2.45, 2.75) is 71.1 Å². The molecule has 2 aliphatic rings. The molecule has 0 bridgehead atoms. The highest BCUT2D eigenvalue weighted by molar-refractivity contribution is 7.60. The Kier molecular flexibility index (Phi) is 8.09. The number of nitrogens with zero attached hydrogens (tertiary/aromatic N) is 2. The summed E-state index contributed by atoms with van der Waals surface area (Å²) in [4.78, 5) is 32.6. The van der Waals surface area contributed by atoms with Crippen molar-refractivity contribution in [3.05, 3.63) is 77.5 Å². The zero-order valence-electron chi connectivity index (χ0n) is 23.5. The van der Waals surface area contributed by atoms with Gasteiger partial charge in [0.15, 0.2) is 5.71 Å². The molecule has 0 radical (unpaired) electrons. The van der Waals surface area contributed by atoms with Gasteiger partial charge in [0.1, 0.15) is 6.54 Å². The fourth-order valence-electron chi connectivity index (χ4n) is 6.02. The third-order valence-corrected chi connectivity index (χ3v) is 9.06. The number of hydrogen-bond donors (Lipinski definition) is 3. The van der Waals surface area contributed by atoms with Crippen molar-refractivity contribution in [1.29, 1.82) is 0 Å². The molecule has 39 heavy (non-hydrogen) atoms. The molecule has 0 unspecified atom stereocenters. The van der Waals surface area contributed by atoms with E-state index in [1.165, 1.54) is 23.0 Å². The van der Waals surface area contributed by atoms with Crippen LogP contribution < -0.4 is 10.2 Å². The van der Waals surface area contributed by atoms with E-state index in [4.69, 9.17) is 5.11 Å². The quantitative estimate of drug-likeness (QED) is 0.197. The summed E-state index contributed by atoms with van der Waals surface area (Å²) in [6.07, 6.45) is 9.04. The molecule has 0 amide bonds. The predicted molar refractivity (Wildman–Crippen MR) is 157 cm³/mol. The zero-order valence-corrected chi connectivity index (χ0v) is 24.4. The maximum atomic E-state index is 11.9. The average Bonchev–Trinajstić information content (AvgIpc) is 3.21. The lowest BCUT2D eigenvalue weighted by Crippen LogP contribution is -2.28. The van der Waals surface area contributed by atoms with E-state index in [1.807, 2.05) is 6.07 Å². The first-order valence-electron chi connectivity index (χ1n) is 13.6. The Hall–Kier alpha value is -2.99. The van der Waals surface area contributed by atoms with Gasteiger partial charge in [-0.05, 0) is 63.5 Å². The van der Waals surface area contributed by atoms with Gasteiger partial charge in [-0.3, -0.25) is 9.36 Å². The first-order chi connectivity index (χ1) is 18.3. The van der Waals surface area contributed by atoms with Crippen molar-refractivity contribution < 1.29 is 28.8 Å². The Morgan fingerprint density at radius 1 is 1.00 bits per heavy atom. The Morgan fingerprint density at radius 3 is 2.38 bits per heavy atom. The number of anilines is 1. The minimum atomic E-state index is -4.35. The van der Waals surface area contributed by atoms with Crippen LogP contribution in [-0.2, 0) is 20.2 Å². The molecule has 2 aliphatic heterocycles. The van der Waals surface area contributed by atoms with E-state index in [1.54, 1.807) is 6.07 Å². The number of fused-ring (bicyclic) bond motifs is 2. The summed E-state index contributed by atoms with van der Waals surface area (Å²) in [6.45, 7) is 12.3. The van der Waals surface area contributed by atoms with Crippen LogP contribution in [0.1, 0.15) is 71.4 Å². The molecule has 2 aromatic carbocycles. The maximum Gasteiger partial charge on any atom is 0.356 e. The molecular weight excluding hydrogens is 511 g/mol. The van der Waals surface area contributed by atoms with Gasteiger partial charge in [0, 0.05) is 53.9 Å². The van der Waals surface area contributed by atoms with E-state index in [0.29, 0.717) is 6.42 Å². The minimum absolute atomic E-state index is 0.0437. The van der Waals surface area contributed by atoms with Crippen LogP contribution in [0.15, 0.2) is 66.4 Å². The molecule has 0 saturated carbocycles. The lowest BCUT2D eigenvalue weighted by atomic mass is 9.81. The van der Waals surface area contributed by atoms with Crippen LogP contribution in [0.4, 0.5) is 11.4 Å². The molecule has 0 aromatic heterocycles. The standard InChI is InChI=1S/C31H39N2O5P/c1-6-32-26-19-18-22(39(36,37)38)21-24(26)31(4,5)27(32)15-12-16-28-30(2,3)23-13-9-10-14-25(23)33(28)20-11-7-8-17-29(34)35/h9-10,12-16,18-19,21H,6-8,11,17,20H2,1-5H3,(H2-,34,35,36,37,38)/p+1. The van der Waals surface area contributed by atoms with E-state index >= 15 is 0 Å². The molecule has 0 spiro atoms. The largest absolute Gasteiger partial charge is 0.481 e. The molecule has 0 aliphatic carbocycles. The van der Waals surface area contributed by atoms with E-state index in [2.05, 4.69) is 86.6 Å². The molecule has 0 saturated heterocycles. The molecule has 4 rings (SSSR count). The van der Waals surface area contributed by atoms with Crippen LogP contribution in [0.2, 0.25) is 0 Å². The summed E-state index contributed by atoms with van der Waals surface area (Å²) in [6, 6.07) is 13.5. The van der Waals surface area contributed by atoms with Crippen LogP contribution in [0.5, 0.6) is 0 Å². The van der Waals surface area contributed by atoms with E-state index in [0.717, 1.165) is 42.9 Å². The number of aliphatic carboxylic acids is 1. The predicted octanol–water partition coefficient (Wildman–Crippen LogP) is 5.77. The van der Waals surface area contributed by atoms with Gasteiger partial charge in [-0.2, -0.15) is 4.58 Å². The molecule has 2 heterocycles. The SMILES string of the molecule is CCN1/C(=C/C=C/C2=[N+](CCCCCC(=O)O)c3ccccc3C2(C)C)C(C)(C)c2cc(P(=O)(O)O)ccc21. The van der Waals surface area contributed by atoms with Gasteiger partial charge >= 0.3 is 13.6 Å². The topological polar surface area (TPSA) is 101 Å². The zero-order chi connectivity index (χ0) is 28.6. The third kappa shape index (κ3) is 5.54. The number of carboxylic acid groups (broad SMARTS) is 1. The second-order valence-corrected chi connectivity index (χ2v) is 13.0. The molecule has 208 valence electrons. The van der Waals surface area contributed by atoms with Gasteiger partial charge in [-0.1, -0.05) is 38.1 Å². The summed E-state index contributed by atoms with van der Waals surface area (Å²) in [7, 11) is -4.35. The van der Waals surface area contributed by atoms with Gasteiger partial charge in [0.25, 0.3) is 0 Å². The van der Waals surface area contributed by atoms with E-state index < -0.39 is 19.0 Å². The maximum absolute atomic E-state index is 11.9. The molecule has 3 N–H and O–H groups in total. The number of allylic oxidation sites excluding steroid dienone is 4. The number of hydrogen-bond acceptors (Lipinski definition) is 3. The number of rotatable bonds is 10. The minimum Gasteiger partial charge on any atom is -0.481 e. The number of benzene rings is 2. The second kappa shape index (κ2) is 10.9. The van der Waals surface area contributed by atoms with E-state index in [9.17, 15) is 19.1 Å². The van der Waals surface area contributed by atoms with Gasteiger partial charge in [-0.15, -0.1) is 0 Å². The summed E-state index contributed by atoms with van der Waals surface area (Å²) >= 11 is 0. The smallest absolute Gasteiger partial charge is 0.356 e. The molecule has 8 heteroatoms. The summed E-state index contributed by atoms with van der Waals surface area (Å²) < 4.78 is 14.3. The first kappa shape index (κ1) is 29.0. The van der Waals surface area contributed by atoms with Crippen LogP contribution in [-0.4, -0.2) is 44.2 Å². The van der Waals surface area contributed by atoms with Crippen molar-refractivity contribution >= 4 is 36.0 Å². The molecule has 7 nitrogen and oxygen atoms in total. The monoisotopic (exact) mass is 551 g/mol. The van der Waals surface area contributed by atoms with E-state index in [-0.39, 0.29) is 17.1 Å². The van der Waals surface area contributed by atoms with Crippen LogP contribution in [0.25, 0.3) is 0 Å². The van der Waals surface area contributed by atoms with Gasteiger partial charge in [0.05, 0.1) is 10.7 Å². The van der Waals surface area contributed by atoms with Gasteiger partial charge < -0.3 is 19.8 Å². The number of para-hydroxylation sites is 1. The fraction of sp³-hybridized carbons (Fsp3) is 0.419. The molecule has 2 aromatic rings. The highest BCUT2D eigenvalue weighted by Gasteiger charge is 2.44. The molecule has 0 atom stereocenters. The normalized spacial score (nSPS) is 18.7. The van der Waals surface area contributed by atoms with Gasteiger partial charge in [0.2, 0.25) is 5.69 Å². The highest BCUT2D eigenvalue weighted by atomic mass is 31.2. The number of carbonyl (C=O) groups is 1. The fourth-order valence-corrected chi connectivity index (χ4v) is 6.59. The van der Waals surface area contributed by atoms with Crippen molar-refractivity contribution in [2.75, 3.05) is 18.0 Å². The Morgan fingerprint density at radius 2 is 1.72 bits per heavy atom. The Balaban J connectivity index is 1.68. The summed E-state index contributed by atoms with van der Waals surface area (Å²) in [5, 5.41) is 9.01. The number of unbranched alkanes of at least 4 members (excludes halogenated alkanes) is 2. The van der Waals surface area contributed by atoms with Crippen molar-refractivity contribution in [2.24, 2.45) is 0 Å². The number of carboxylic acids is 1. The summed E-state index contributed by atoms with van der Waals surface area (Å²) in [5.74, 6) is -0.748. The Bertz CT molecular complexity index is 1410. The van der Waals surface area contributed by atoms with Crippen LogP contribution in [0.3, 0.4) is 0 Å². The van der Waals surface area contributed by atoms with Crippen molar-refractivity contribution in [1.82, 2.24) is 0 Å².